The third-order valence-corrected chi connectivity index (χ3v) is 5.56. The summed E-state index contributed by atoms with van der Waals surface area (Å²) < 4.78 is 27.5. The van der Waals surface area contributed by atoms with Crippen LogP contribution in [0.1, 0.15) is 6.92 Å². The molecule has 0 unspecified atom stereocenters. The number of para-hydroxylation sites is 1. The molecule has 0 bridgehead atoms. The van der Waals surface area contributed by atoms with Gasteiger partial charge in [-0.2, -0.15) is 0 Å². The molecule has 0 fully saturated rings. The Morgan fingerprint density at radius 3 is 2.25 bits per heavy atom. The Bertz CT molecular complexity index is 701. The predicted octanol–water partition coefficient (Wildman–Crippen LogP) is 4.32. The number of hydrogen-bond donors (Lipinski definition) is 0. The number of rotatable bonds is 4. The molecule has 0 N–H and O–H groups in total. The molecule has 6 heteroatoms. The normalized spacial score (nSPS) is 11.3. The van der Waals surface area contributed by atoms with Crippen molar-refractivity contribution in [2.24, 2.45) is 0 Å². The maximum atomic E-state index is 12.7. The molecule has 0 aromatic heterocycles. The molecule has 20 heavy (non-hydrogen) atoms. The van der Waals surface area contributed by atoms with E-state index in [0.717, 1.165) is 4.47 Å². The molecule has 2 rings (SSSR count). The number of nitrogens with zero attached hydrogens (tertiary/aromatic N) is 1. The van der Waals surface area contributed by atoms with Crippen LogP contribution in [-0.2, 0) is 10.0 Å². The molecule has 3 nitrogen and oxygen atoms in total. The zero-order chi connectivity index (χ0) is 14.8. The Kier molecular flexibility index (Phi) is 4.73. The van der Waals surface area contributed by atoms with Gasteiger partial charge >= 0.3 is 0 Å². The number of hydrogen-bond acceptors (Lipinski definition) is 2. The number of halogens is 2. The number of anilines is 1. The topological polar surface area (TPSA) is 37.4 Å². The number of benzene rings is 2. The van der Waals surface area contributed by atoms with Gasteiger partial charge in [-0.05, 0) is 43.3 Å². The van der Waals surface area contributed by atoms with E-state index < -0.39 is 10.0 Å². The second-order valence-electron chi connectivity index (χ2n) is 4.08. The van der Waals surface area contributed by atoms with Crippen LogP contribution in [0.15, 0.2) is 57.9 Å². The van der Waals surface area contributed by atoms with Crippen molar-refractivity contribution in [1.82, 2.24) is 0 Å². The Labute approximate surface area is 132 Å². The molecule has 2 aromatic rings. The highest BCUT2D eigenvalue weighted by molar-refractivity contribution is 9.10. The van der Waals surface area contributed by atoms with E-state index in [4.69, 9.17) is 11.6 Å². The molecule has 0 aliphatic rings. The largest absolute Gasteiger partial charge is 0.265 e. The van der Waals surface area contributed by atoms with Gasteiger partial charge in [0.05, 0.1) is 15.6 Å². The third kappa shape index (κ3) is 3.00. The minimum Gasteiger partial charge on any atom is -0.265 e. The van der Waals surface area contributed by atoms with E-state index >= 15 is 0 Å². The first kappa shape index (κ1) is 15.4. The van der Waals surface area contributed by atoms with Gasteiger partial charge in [-0.15, -0.1) is 0 Å². The monoisotopic (exact) mass is 373 g/mol. The fourth-order valence-electron chi connectivity index (χ4n) is 1.86. The highest BCUT2D eigenvalue weighted by atomic mass is 79.9. The average molecular weight is 375 g/mol. The van der Waals surface area contributed by atoms with Crippen LogP contribution >= 0.6 is 27.5 Å². The fraction of sp³-hybridized carbons (Fsp3) is 0.143. The summed E-state index contributed by atoms with van der Waals surface area (Å²) in [6.45, 7) is 2.09. The molecule has 0 saturated carbocycles. The van der Waals surface area contributed by atoms with Crippen LogP contribution < -0.4 is 4.31 Å². The van der Waals surface area contributed by atoms with E-state index in [1.807, 2.05) is 0 Å². The Morgan fingerprint density at radius 2 is 1.70 bits per heavy atom. The van der Waals surface area contributed by atoms with Crippen molar-refractivity contribution < 1.29 is 8.42 Å². The van der Waals surface area contributed by atoms with Gasteiger partial charge in [0.25, 0.3) is 10.0 Å². The molecule has 106 valence electrons. The van der Waals surface area contributed by atoms with Gasteiger partial charge in [0, 0.05) is 11.0 Å². The van der Waals surface area contributed by atoms with Crippen LogP contribution in [0.25, 0.3) is 0 Å². The van der Waals surface area contributed by atoms with Crippen molar-refractivity contribution in [3.8, 4) is 0 Å². The van der Waals surface area contributed by atoms with Crippen molar-refractivity contribution >= 4 is 43.2 Å². The van der Waals surface area contributed by atoms with Crippen molar-refractivity contribution in [3.63, 3.8) is 0 Å². The molecular formula is C14H13BrClNO2S. The van der Waals surface area contributed by atoms with Crippen molar-refractivity contribution in [1.29, 1.82) is 0 Å². The van der Waals surface area contributed by atoms with Crippen LogP contribution in [0.4, 0.5) is 5.69 Å². The standard InChI is InChI=1S/C14H13BrClNO2S/c1-2-17(14-6-4-3-5-13(14)16)20(18,19)12-9-7-11(15)8-10-12/h3-10H,2H2,1H3. The zero-order valence-electron chi connectivity index (χ0n) is 10.8. The lowest BCUT2D eigenvalue weighted by molar-refractivity contribution is 0.592. The maximum Gasteiger partial charge on any atom is 0.264 e. The van der Waals surface area contributed by atoms with E-state index in [2.05, 4.69) is 15.9 Å². The zero-order valence-corrected chi connectivity index (χ0v) is 13.9. The molecule has 0 aliphatic heterocycles. The molecule has 0 amide bonds. The lowest BCUT2D eigenvalue weighted by Gasteiger charge is -2.23. The summed E-state index contributed by atoms with van der Waals surface area (Å²) in [7, 11) is -3.62. The van der Waals surface area contributed by atoms with Gasteiger partial charge in [-0.1, -0.05) is 39.7 Å². The Balaban J connectivity index is 2.51. The van der Waals surface area contributed by atoms with Gasteiger partial charge < -0.3 is 0 Å². The lowest BCUT2D eigenvalue weighted by atomic mass is 10.3. The molecule has 0 heterocycles. The van der Waals surface area contributed by atoms with Crippen molar-refractivity contribution in [2.45, 2.75) is 11.8 Å². The summed E-state index contributed by atoms with van der Waals surface area (Å²) in [5, 5.41) is 0.412. The van der Waals surface area contributed by atoms with Gasteiger partial charge in [0.1, 0.15) is 0 Å². The molecule has 0 atom stereocenters. The molecular weight excluding hydrogens is 362 g/mol. The Morgan fingerprint density at radius 1 is 1.10 bits per heavy atom. The summed E-state index contributed by atoms with van der Waals surface area (Å²) in [5.74, 6) is 0. The minimum atomic E-state index is -3.62. The van der Waals surface area contributed by atoms with Crippen LogP contribution in [0.3, 0.4) is 0 Å². The van der Waals surface area contributed by atoms with E-state index in [9.17, 15) is 8.42 Å². The highest BCUT2D eigenvalue weighted by Gasteiger charge is 2.24. The smallest absolute Gasteiger partial charge is 0.264 e. The molecule has 0 spiro atoms. The molecule has 0 saturated heterocycles. The van der Waals surface area contributed by atoms with Crippen LogP contribution in [0, 0.1) is 0 Å². The van der Waals surface area contributed by atoms with Gasteiger partial charge in [0.2, 0.25) is 0 Å². The van der Waals surface area contributed by atoms with E-state index in [1.165, 1.54) is 4.31 Å². The van der Waals surface area contributed by atoms with Crippen molar-refractivity contribution in [3.05, 3.63) is 58.0 Å². The predicted molar refractivity (Wildman–Crippen MR) is 85.8 cm³/mol. The van der Waals surface area contributed by atoms with Crippen molar-refractivity contribution in [2.75, 3.05) is 10.8 Å². The second kappa shape index (κ2) is 6.16. The summed E-state index contributed by atoms with van der Waals surface area (Å²) in [4.78, 5) is 0.238. The maximum absolute atomic E-state index is 12.7. The van der Waals surface area contributed by atoms with Crippen LogP contribution in [0.2, 0.25) is 5.02 Å². The van der Waals surface area contributed by atoms with Gasteiger partial charge in [-0.3, -0.25) is 4.31 Å². The first-order chi connectivity index (χ1) is 9.46. The van der Waals surface area contributed by atoms with E-state index in [-0.39, 0.29) is 4.90 Å². The highest BCUT2D eigenvalue weighted by Crippen LogP contribution is 2.30. The fourth-order valence-corrected chi connectivity index (χ4v) is 3.90. The first-order valence-corrected chi connectivity index (χ1v) is 8.60. The second-order valence-corrected chi connectivity index (χ2v) is 7.26. The first-order valence-electron chi connectivity index (χ1n) is 5.99. The quantitative estimate of drug-likeness (QED) is 0.799. The van der Waals surface area contributed by atoms with Gasteiger partial charge in [0.15, 0.2) is 0 Å². The average Bonchev–Trinajstić information content (AvgIpc) is 2.42. The third-order valence-electron chi connectivity index (χ3n) is 2.81. The molecule has 0 radical (unpaired) electrons. The summed E-state index contributed by atoms with van der Waals surface area (Å²) in [5.41, 5.74) is 0.486. The number of sulfonamides is 1. The van der Waals surface area contributed by atoms with Crippen LogP contribution in [-0.4, -0.2) is 15.0 Å². The summed E-state index contributed by atoms with van der Waals surface area (Å²) in [6.07, 6.45) is 0. The molecule has 2 aromatic carbocycles. The van der Waals surface area contributed by atoms with Crippen LogP contribution in [0.5, 0.6) is 0 Å². The molecule has 0 aliphatic carbocycles. The van der Waals surface area contributed by atoms with Gasteiger partial charge in [-0.25, -0.2) is 8.42 Å². The SMILES string of the molecule is CCN(c1ccccc1Cl)S(=O)(=O)c1ccc(Br)cc1. The summed E-state index contributed by atoms with van der Waals surface area (Å²) in [6, 6.07) is 13.4. The van der Waals surface area contributed by atoms with E-state index in [1.54, 1.807) is 55.5 Å². The lowest BCUT2D eigenvalue weighted by Crippen LogP contribution is -2.30. The minimum absolute atomic E-state index is 0.238. The van der Waals surface area contributed by atoms with E-state index in [0.29, 0.717) is 17.3 Å². The summed E-state index contributed by atoms with van der Waals surface area (Å²) >= 11 is 9.40. The Hall–Kier alpha value is -1.04.